The highest BCUT2D eigenvalue weighted by atomic mass is 15.3. The van der Waals surface area contributed by atoms with Crippen LogP contribution in [0.4, 0.5) is 0 Å². The van der Waals surface area contributed by atoms with Crippen molar-refractivity contribution in [2.24, 2.45) is 0 Å². The van der Waals surface area contributed by atoms with Crippen LogP contribution in [0.25, 0.3) is 0 Å². The Kier molecular flexibility index (Phi) is 4.69. The van der Waals surface area contributed by atoms with Gasteiger partial charge in [0.25, 0.3) is 0 Å². The Morgan fingerprint density at radius 1 is 0.810 bits per heavy atom. The molecule has 0 unspecified atom stereocenters. The number of hydrogen-bond acceptors (Lipinski definition) is 2. The van der Waals surface area contributed by atoms with E-state index in [-0.39, 0.29) is 0 Å². The van der Waals surface area contributed by atoms with E-state index >= 15 is 0 Å². The number of piperazine rings is 1. The molecular formula is C19H24N2. The van der Waals surface area contributed by atoms with Gasteiger partial charge in [0, 0.05) is 38.8 Å². The minimum absolute atomic E-state index is 0.519. The minimum atomic E-state index is 0.519. The zero-order valence-electron chi connectivity index (χ0n) is 12.8. The number of benzene rings is 2. The van der Waals surface area contributed by atoms with Crippen LogP contribution in [0.1, 0.15) is 24.1 Å². The van der Waals surface area contributed by atoms with Gasteiger partial charge in [-0.15, -0.1) is 0 Å². The van der Waals surface area contributed by atoms with E-state index in [2.05, 4.69) is 77.4 Å². The highest BCUT2D eigenvalue weighted by molar-refractivity contribution is 5.18. The molecule has 0 aromatic heterocycles. The summed E-state index contributed by atoms with van der Waals surface area (Å²) >= 11 is 0. The number of rotatable bonds is 4. The maximum atomic E-state index is 2.59. The van der Waals surface area contributed by atoms with Gasteiger partial charge in [-0.3, -0.25) is 9.80 Å². The second-order valence-electron chi connectivity index (χ2n) is 5.88. The molecule has 0 amide bonds. The van der Waals surface area contributed by atoms with E-state index in [0.717, 1.165) is 32.7 Å². The number of nitrogens with zero attached hydrogens (tertiary/aromatic N) is 2. The Morgan fingerprint density at radius 2 is 1.38 bits per heavy atom. The molecule has 0 spiro atoms. The molecule has 2 nitrogen and oxygen atoms in total. The lowest BCUT2D eigenvalue weighted by atomic mass is 10.1. The van der Waals surface area contributed by atoms with Crippen LogP contribution in [0.15, 0.2) is 60.7 Å². The normalized spacial score (nSPS) is 18.5. The molecule has 1 fully saturated rings. The highest BCUT2D eigenvalue weighted by Crippen LogP contribution is 2.21. The van der Waals surface area contributed by atoms with Gasteiger partial charge in [-0.2, -0.15) is 0 Å². The van der Waals surface area contributed by atoms with Crippen molar-refractivity contribution >= 4 is 0 Å². The molecule has 1 aliphatic heterocycles. The maximum Gasteiger partial charge on any atom is 0.0320 e. The molecule has 110 valence electrons. The fourth-order valence-corrected chi connectivity index (χ4v) is 3.09. The topological polar surface area (TPSA) is 6.48 Å². The number of hydrogen-bond donors (Lipinski definition) is 0. The molecule has 2 heteroatoms. The van der Waals surface area contributed by atoms with Crippen LogP contribution in [0.3, 0.4) is 0 Å². The Labute approximate surface area is 128 Å². The SMILES string of the molecule is C[C@H](c1ccccc1)N1CCN(Cc2ccccc2)CC1. The quantitative estimate of drug-likeness (QED) is 0.845. The minimum Gasteiger partial charge on any atom is -0.297 e. The Bertz CT molecular complexity index is 530. The van der Waals surface area contributed by atoms with E-state index in [1.54, 1.807) is 0 Å². The lowest BCUT2D eigenvalue weighted by Gasteiger charge is -2.38. The molecule has 0 aliphatic carbocycles. The van der Waals surface area contributed by atoms with Crippen LogP contribution in [0, 0.1) is 0 Å². The molecule has 0 N–H and O–H groups in total. The molecule has 1 saturated heterocycles. The first-order valence-corrected chi connectivity index (χ1v) is 7.88. The lowest BCUT2D eigenvalue weighted by Crippen LogP contribution is -2.46. The first-order valence-electron chi connectivity index (χ1n) is 7.88. The van der Waals surface area contributed by atoms with E-state index in [4.69, 9.17) is 0 Å². The van der Waals surface area contributed by atoms with Crippen molar-refractivity contribution in [2.75, 3.05) is 26.2 Å². The molecular weight excluding hydrogens is 256 g/mol. The largest absolute Gasteiger partial charge is 0.297 e. The van der Waals surface area contributed by atoms with Crippen molar-refractivity contribution in [1.82, 2.24) is 9.80 Å². The molecule has 0 radical (unpaired) electrons. The van der Waals surface area contributed by atoms with Crippen molar-refractivity contribution in [1.29, 1.82) is 0 Å². The third-order valence-electron chi connectivity index (χ3n) is 4.49. The average Bonchev–Trinajstić information content (AvgIpc) is 2.57. The van der Waals surface area contributed by atoms with Crippen LogP contribution >= 0.6 is 0 Å². The van der Waals surface area contributed by atoms with Crippen LogP contribution in [-0.4, -0.2) is 36.0 Å². The second kappa shape index (κ2) is 6.88. The molecule has 0 bridgehead atoms. The molecule has 0 saturated carbocycles. The standard InChI is InChI=1S/C19H24N2/c1-17(19-10-6-3-7-11-19)21-14-12-20(13-15-21)16-18-8-4-2-5-9-18/h2-11,17H,12-16H2,1H3/t17-/m1/s1. The van der Waals surface area contributed by atoms with Crippen molar-refractivity contribution in [3.05, 3.63) is 71.8 Å². The Morgan fingerprint density at radius 3 is 2.00 bits per heavy atom. The summed E-state index contributed by atoms with van der Waals surface area (Å²) in [7, 11) is 0. The second-order valence-corrected chi connectivity index (χ2v) is 5.88. The summed E-state index contributed by atoms with van der Waals surface area (Å²) in [6.45, 7) is 8.03. The third kappa shape index (κ3) is 3.72. The van der Waals surface area contributed by atoms with Gasteiger partial charge in [-0.1, -0.05) is 60.7 Å². The molecule has 2 aromatic carbocycles. The fourth-order valence-electron chi connectivity index (χ4n) is 3.09. The first kappa shape index (κ1) is 14.3. The molecule has 3 rings (SSSR count). The zero-order valence-corrected chi connectivity index (χ0v) is 12.8. The van der Waals surface area contributed by atoms with Gasteiger partial charge in [-0.25, -0.2) is 0 Å². The van der Waals surface area contributed by atoms with Crippen LogP contribution in [-0.2, 0) is 6.54 Å². The first-order chi connectivity index (χ1) is 10.3. The smallest absolute Gasteiger partial charge is 0.0320 e. The highest BCUT2D eigenvalue weighted by Gasteiger charge is 2.21. The summed E-state index contributed by atoms with van der Waals surface area (Å²) in [5.74, 6) is 0. The Balaban J connectivity index is 1.53. The average molecular weight is 280 g/mol. The molecule has 1 aliphatic rings. The van der Waals surface area contributed by atoms with Gasteiger partial charge in [0.15, 0.2) is 0 Å². The molecule has 1 atom stereocenters. The summed E-state index contributed by atoms with van der Waals surface area (Å²) in [5, 5.41) is 0. The van der Waals surface area contributed by atoms with E-state index in [0.29, 0.717) is 6.04 Å². The predicted octanol–water partition coefficient (Wildman–Crippen LogP) is 3.57. The molecule has 1 heterocycles. The predicted molar refractivity (Wildman–Crippen MR) is 88.1 cm³/mol. The van der Waals surface area contributed by atoms with Crippen LogP contribution in [0.5, 0.6) is 0 Å². The van der Waals surface area contributed by atoms with E-state index in [1.165, 1.54) is 11.1 Å². The summed E-state index contributed by atoms with van der Waals surface area (Å²) in [5.41, 5.74) is 2.84. The van der Waals surface area contributed by atoms with Crippen molar-refractivity contribution < 1.29 is 0 Å². The summed E-state index contributed by atoms with van der Waals surface area (Å²) < 4.78 is 0. The van der Waals surface area contributed by atoms with Gasteiger partial charge in [0.05, 0.1) is 0 Å². The van der Waals surface area contributed by atoms with E-state index in [1.807, 2.05) is 0 Å². The van der Waals surface area contributed by atoms with E-state index in [9.17, 15) is 0 Å². The van der Waals surface area contributed by atoms with Crippen molar-refractivity contribution in [3.8, 4) is 0 Å². The monoisotopic (exact) mass is 280 g/mol. The Hall–Kier alpha value is -1.64. The van der Waals surface area contributed by atoms with Gasteiger partial charge in [0.1, 0.15) is 0 Å². The van der Waals surface area contributed by atoms with Crippen molar-refractivity contribution in [3.63, 3.8) is 0 Å². The summed E-state index contributed by atoms with van der Waals surface area (Å²) in [4.78, 5) is 5.15. The summed E-state index contributed by atoms with van der Waals surface area (Å²) in [6.07, 6.45) is 0. The van der Waals surface area contributed by atoms with Gasteiger partial charge in [0.2, 0.25) is 0 Å². The van der Waals surface area contributed by atoms with Crippen LogP contribution in [0.2, 0.25) is 0 Å². The zero-order chi connectivity index (χ0) is 14.5. The van der Waals surface area contributed by atoms with Gasteiger partial charge in [-0.05, 0) is 18.1 Å². The molecule has 2 aromatic rings. The third-order valence-corrected chi connectivity index (χ3v) is 4.49. The lowest BCUT2D eigenvalue weighted by molar-refractivity contribution is 0.0978. The van der Waals surface area contributed by atoms with Crippen LogP contribution < -0.4 is 0 Å². The van der Waals surface area contributed by atoms with Crippen molar-refractivity contribution in [2.45, 2.75) is 19.5 Å². The van der Waals surface area contributed by atoms with E-state index < -0.39 is 0 Å². The fraction of sp³-hybridized carbons (Fsp3) is 0.368. The maximum absolute atomic E-state index is 2.59. The van der Waals surface area contributed by atoms with Gasteiger partial charge < -0.3 is 0 Å². The molecule has 21 heavy (non-hydrogen) atoms. The van der Waals surface area contributed by atoms with Gasteiger partial charge >= 0.3 is 0 Å². The summed E-state index contributed by atoms with van der Waals surface area (Å²) in [6, 6.07) is 22.1.